The van der Waals surface area contributed by atoms with Crippen molar-refractivity contribution in [3.63, 3.8) is 0 Å². The molecule has 21 heavy (non-hydrogen) atoms. The van der Waals surface area contributed by atoms with Crippen molar-refractivity contribution in [3.05, 3.63) is 29.8 Å². The number of aliphatic hydroxyl groups is 1. The smallest absolute Gasteiger partial charge is 0.306 e. The van der Waals surface area contributed by atoms with E-state index >= 15 is 0 Å². The van der Waals surface area contributed by atoms with E-state index in [1.165, 1.54) is 0 Å². The van der Waals surface area contributed by atoms with Crippen molar-refractivity contribution in [2.24, 2.45) is 5.41 Å². The van der Waals surface area contributed by atoms with Crippen LogP contribution in [0.4, 0.5) is 0 Å². The van der Waals surface area contributed by atoms with E-state index < -0.39 is 26.5 Å². The van der Waals surface area contributed by atoms with Crippen LogP contribution in [0.5, 0.6) is 0 Å². The second-order valence-electron chi connectivity index (χ2n) is 6.82. The van der Waals surface area contributed by atoms with Crippen LogP contribution < -0.4 is 0 Å². The summed E-state index contributed by atoms with van der Waals surface area (Å²) in [6.07, 6.45) is 2.90. The molecule has 1 atom stereocenters. The molecule has 4 nitrogen and oxygen atoms in total. The van der Waals surface area contributed by atoms with Gasteiger partial charge in [0.05, 0.1) is 11.0 Å². The Hall–Kier alpha value is -0.560. The quantitative estimate of drug-likeness (QED) is 0.899. The zero-order valence-electron chi connectivity index (χ0n) is 13.6. The molecule has 0 aliphatic carbocycles. The van der Waals surface area contributed by atoms with E-state index in [4.69, 9.17) is 3.63 Å². The van der Waals surface area contributed by atoms with Gasteiger partial charge >= 0.3 is 10.1 Å². The summed E-state index contributed by atoms with van der Waals surface area (Å²) in [5, 5.41) is 10.2. The van der Waals surface area contributed by atoms with Gasteiger partial charge in [-0.15, -0.1) is 10.3 Å². The minimum Gasteiger partial charge on any atom is -0.392 e. The summed E-state index contributed by atoms with van der Waals surface area (Å²) < 4.78 is 30.0. The zero-order valence-corrected chi connectivity index (χ0v) is 15.2. The van der Waals surface area contributed by atoms with Gasteiger partial charge in [-0.25, -0.2) is 3.63 Å². The van der Waals surface area contributed by atoms with Crippen LogP contribution in [0.2, 0.25) is 0 Å². The van der Waals surface area contributed by atoms with Crippen molar-refractivity contribution in [3.8, 4) is 0 Å². The van der Waals surface area contributed by atoms with Gasteiger partial charge in [0.1, 0.15) is 0 Å². The Morgan fingerprint density at radius 3 is 2.05 bits per heavy atom. The lowest BCUT2D eigenvalue weighted by atomic mass is 9.90. The summed E-state index contributed by atoms with van der Waals surface area (Å²) in [7, 11) is -5.72. The third-order valence-corrected chi connectivity index (χ3v) is 7.30. The molecule has 0 spiro atoms. The van der Waals surface area contributed by atoms with Gasteiger partial charge in [0.25, 0.3) is 0 Å². The molecule has 0 aliphatic heterocycles. The maximum Gasteiger partial charge on any atom is 0.306 e. The van der Waals surface area contributed by atoms with Crippen molar-refractivity contribution in [2.45, 2.75) is 38.7 Å². The van der Waals surface area contributed by atoms with Crippen LogP contribution in [-0.2, 0) is 13.7 Å². The Bertz CT molecular complexity index is 569. The molecular weight excluding hydrogens is 308 g/mol. The molecule has 6 heteroatoms. The summed E-state index contributed by atoms with van der Waals surface area (Å²) in [6.45, 7) is 7.65. The van der Waals surface area contributed by atoms with Crippen LogP contribution in [-0.4, -0.2) is 37.9 Å². The molecule has 0 saturated carbocycles. The second kappa shape index (κ2) is 6.28. The zero-order chi connectivity index (χ0) is 16.5. The molecule has 0 fully saturated rings. The van der Waals surface area contributed by atoms with Gasteiger partial charge in [0, 0.05) is 5.75 Å². The molecule has 1 aromatic carbocycles. The number of aryl methyl sites for hydroxylation is 1. The fourth-order valence-electron chi connectivity index (χ4n) is 1.64. The van der Waals surface area contributed by atoms with E-state index in [1.54, 1.807) is 36.8 Å². The lowest BCUT2D eigenvalue weighted by Crippen LogP contribution is -2.32. The maximum atomic E-state index is 12.3. The van der Waals surface area contributed by atoms with E-state index in [1.807, 2.05) is 27.7 Å². The van der Waals surface area contributed by atoms with E-state index in [0.717, 1.165) is 5.56 Å². The lowest BCUT2D eigenvalue weighted by molar-refractivity contribution is 0.0828. The van der Waals surface area contributed by atoms with Gasteiger partial charge < -0.3 is 5.11 Å². The van der Waals surface area contributed by atoms with Crippen LogP contribution in [0.25, 0.3) is 0 Å². The first-order valence-corrected chi connectivity index (χ1v) is 10.7. The molecule has 1 aromatic rings. The normalized spacial score (nSPS) is 15.8. The van der Waals surface area contributed by atoms with Crippen molar-refractivity contribution >= 4 is 20.4 Å². The molecule has 0 bridgehead atoms. The molecule has 1 rings (SSSR count). The molecule has 122 valence electrons. The third-order valence-electron chi connectivity index (χ3n) is 3.14. The number of hydrogen-bond donors (Lipinski definition) is 1. The molecule has 0 amide bonds. The number of hydrogen-bond acceptors (Lipinski definition) is 4. The van der Waals surface area contributed by atoms with Gasteiger partial charge in [-0.05, 0) is 37.0 Å². The van der Waals surface area contributed by atoms with Crippen LogP contribution in [0.1, 0.15) is 26.3 Å². The highest BCUT2D eigenvalue weighted by atomic mass is 32.3. The first kappa shape index (κ1) is 18.5. The average molecular weight is 335 g/mol. The minimum atomic E-state index is -3.80. The van der Waals surface area contributed by atoms with Crippen LogP contribution in [0, 0.1) is 12.3 Å². The first-order chi connectivity index (χ1) is 9.33. The van der Waals surface area contributed by atoms with E-state index in [-0.39, 0.29) is 10.3 Å². The van der Waals surface area contributed by atoms with Gasteiger partial charge in [-0.3, -0.25) is 0 Å². The van der Waals surface area contributed by atoms with Crippen LogP contribution in [0.15, 0.2) is 29.2 Å². The Labute approximate surface area is 130 Å². The largest absolute Gasteiger partial charge is 0.392 e. The van der Waals surface area contributed by atoms with Crippen LogP contribution in [0.3, 0.4) is 0 Å². The molecular formula is C15H26O4S2. The van der Waals surface area contributed by atoms with E-state index in [0.29, 0.717) is 5.75 Å². The fraction of sp³-hybridized carbons (Fsp3) is 0.600. The van der Waals surface area contributed by atoms with Gasteiger partial charge in [-0.1, -0.05) is 38.5 Å². The second-order valence-corrected chi connectivity index (χ2v) is 12.0. The molecule has 0 saturated heterocycles. The fourth-order valence-corrected chi connectivity index (χ4v) is 5.85. The number of benzene rings is 1. The molecule has 0 aliphatic rings. The molecule has 0 radical (unpaired) electrons. The summed E-state index contributed by atoms with van der Waals surface area (Å²) in [5.41, 5.74) is 0.685. The third kappa shape index (κ3) is 5.62. The first-order valence-electron chi connectivity index (χ1n) is 6.75. The summed E-state index contributed by atoms with van der Waals surface area (Å²) >= 11 is 0. The van der Waals surface area contributed by atoms with Gasteiger partial charge in [0.2, 0.25) is 0 Å². The highest BCUT2D eigenvalue weighted by Crippen LogP contribution is 2.46. The standard InChI is InChI=1S/C15H26O4S2/c1-12-7-9-13(10-8-12)21(17,18)19-20(5,6)11-14(16)15(2,3)4/h7-10,14,16H,11H2,1-6H3. The van der Waals surface area contributed by atoms with Crippen molar-refractivity contribution < 1.29 is 17.2 Å². The molecule has 1 N–H and O–H groups in total. The van der Waals surface area contributed by atoms with Crippen molar-refractivity contribution in [1.82, 2.24) is 0 Å². The van der Waals surface area contributed by atoms with Crippen molar-refractivity contribution in [1.29, 1.82) is 0 Å². The monoisotopic (exact) mass is 334 g/mol. The molecule has 0 aromatic heterocycles. The average Bonchev–Trinajstić information content (AvgIpc) is 2.25. The number of aliphatic hydroxyl groups excluding tert-OH is 1. The highest BCUT2D eigenvalue weighted by Gasteiger charge is 2.31. The Kier molecular flexibility index (Phi) is 5.53. The Morgan fingerprint density at radius 2 is 1.62 bits per heavy atom. The van der Waals surface area contributed by atoms with E-state index in [2.05, 4.69) is 0 Å². The summed E-state index contributed by atoms with van der Waals surface area (Å²) in [6, 6.07) is 6.56. The predicted octanol–water partition coefficient (Wildman–Crippen LogP) is 3.09. The molecule has 1 unspecified atom stereocenters. The van der Waals surface area contributed by atoms with E-state index in [9.17, 15) is 13.5 Å². The predicted molar refractivity (Wildman–Crippen MR) is 89.2 cm³/mol. The lowest BCUT2D eigenvalue weighted by Gasteiger charge is -2.36. The Balaban J connectivity index is 2.89. The van der Waals surface area contributed by atoms with Crippen molar-refractivity contribution in [2.75, 3.05) is 18.3 Å². The highest BCUT2D eigenvalue weighted by molar-refractivity contribution is 8.32. The SMILES string of the molecule is Cc1ccc(S(=O)(=O)OS(C)(C)CC(O)C(C)(C)C)cc1. The van der Waals surface area contributed by atoms with Gasteiger partial charge in [-0.2, -0.15) is 8.42 Å². The van der Waals surface area contributed by atoms with Gasteiger partial charge in [0.15, 0.2) is 0 Å². The molecule has 0 heterocycles. The maximum absolute atomic E-state index is 12.3. The topological polar surface area (TPSA) is 63.6 Å². The summed E-state index contributed by atoms with van der Waals surface area (Å²) in [5.74, 6) is 0.321. The Morgan fingerprint density at radius 1 is 1.14 bits per heavy atom. The summed E-state index contributed by atoms with van der Waals surface area (Å²) in [4.78, 5) is 0.152. The number of rotatable bonds is 5. The minimum absolute atomic E-state index is 0.152. The van der Waals surface area contributed by atoms with Crippen LogP contribution >= 0.6 is 10.3 Å².